The minimum Gasteiger partial charge on any atom is -0.457 e. The van der Waals surface area contributed by atoms with Gasteiger partial charge in [-0.3, -0.25) is 0 Å². The van der Waals surface area contributed by atoms with Gasteiger partial charge in [0.2, 0.25) is 5.95 Å². The average Bonchev–Trinajstić information content (AvgIpc) is 3.47. The largest absolute Gasteiger partial charge is 0.457 e. The summed E-state index contributed by atoms with van der Waals surface area (Å²) < 4.78 is 7.28. The predicted octanol–water partition coefficient (Wildman–Crippen LogP) is 1.91. The lowest BCUT2D eigenvalue weighted by atomic mass is 10.0. The minimum absolute atomic E-state index is 0.195. The lowest BCUT2D eigenvalue weighted by Crippen LogP contribution is -2.44. The summed E-state index contributed by atoms with van der Waals surface area (Å²) in [4.78, 5) is 23.3. The van der Waals surface area contributed by atoms with Crippen molar-refractivity contribution < 1.29 is 9.53 Å². The highest BCUT2D eigenvalue weighted by molar-refractivity contribution is 7.15. The normalized spacial score (nSPS) is 18.9. The van der Waals surface area contributed by atoms with Crippen LogP contribution in [-0.2, 0) is 16.1 Å². The lowest BCUT2D eigenvalue weighted by Gasteiger charge is -2.32. The van der Waals surface area contributed by atoms with E-state index in [0.717, 1.165) is 41.8 Å². The first-order chi connectivity index (χ1) is 15.6. The van der Waals surface area contributed by atoms with Gasteiger partial charge in [-0.1, -0.05) is 46.8 Å². The molecule has 2 aliphatic heterocycles. The number of hydrogen-bond acceptors (Lipinski definition) is 10. The van der Waals surface area contributed by atoms with E-state index in [1.807, 2.05) is 43.5 Å². The Labute approximate surface area is 189 Å². The molecule has 166 valence electrons. The molecule has 0 amide bonds. The number of esters is 1. The molecule has 1 aromatic carbocycles. The fourth-order valence-corrected chi connectivity index (χ4v) is 4.95. The minimum atomic E-state index is -0.497. The van der Waals surface area contributed by atoms with Crippen LogP contribution < -0.4 is 10.2 Å². The summed E-state index contributed by atoms with van der Waals surface area (Å²) in [6.07, 6.45) is 1.82. The van der Waals surface area contributed by atoms with Gasteiger partial charge in [-0.05, 0) is 30.0 Å². The number of tetrazole rings is 1. The van der Waals surface area contributed by atoms with Gasteiger partial charge in [0.25, 0.3) is 0 Å². The van der Waals surface area contributed by atoms with Crippen LogP contribution in [0.2, 0.25) is 0 Å². The molecule has 0 saturated carbocycles. The average molecular weight is 453 g/mol. The smallest absolute Gasteiger partial charge is 0.338 e. The van der Waals surface area contributed by atoms with Crippen molar-refractivity contribution in [3.8, 4) is 0 Å². The van der Waals surface area contributed by atoms with E-state index in [0.29, 0.717) is 17.2 Å². The molecular weight excluding hydrogens is 428 g/mol. The molecule has 1 unspecified atom stereocenters. The van der Waals surface area contributed by atoms with Crippen molar-refractivity contribution in [2.75, 3.05) is 43.4 Å². The van der Waals surface area contributed by atoms with Crippen molar-refractivity contribution in [3.05, 3.63) is 58.2 Å². The number of thiazole rings is 1. The van der Waals surface area contributed by atoms with E-state index in [9.17, 15) is 4.79 Å². The summed E-state index contributed by atoms with van der Waals surface area (Å²) in [5, 5.41) is 16.0. The molecule has 0 spiro atoms. The molecule has 2 aliphatic rings. The van der Waals surface area contributed by atoms with Crippen LogP contribution in [0.3, 0.4) is 0 Å². The van der Waals surface area contributed by atoms with Crippen LogP contribution in [0.5, 0.6) is 0 Å². The first-order valence-corrected chi connectivity index (χ1v) is 11.3. The molecule has 0 bridgehead atoms. The first kappa shape index (κ1) is 20.6. The Hall–Kier alpha value is -3.31. The maximum absolute atomic E-state index is 13.2. The van der Waals surface area contributed by atoms with Crippen LogP contribution in [0.4, 0.5) is 11.1 Å². The summed E-state index contributed by atoms with van der Waals surface area (Å²) in [6.45, 7) is 5.87. The third-order valence-electron chi connectivity index (χ3n) is 5.70. The molecule has 4 heterocycles. The number of rotatable bonds is 5. The summed E-state index contributed by atoms with van der Waals surface area (Å²) >= 11 is 1.56. The monoisotopic (exact) mass is 452 g/mol. The Morgan fingerprint density at radius 1 is 1.22 bits per heavy atom. The van der Waals surface area contributed by atoms with Gasteiger partial charge in [0.15, 0.2) is 5.13 Å². The van der Waals surface area contributed by atoms with Crippen molar-refractivity contribution in [1.29, 1.82) is 0 Å². The van der Waals surface area contributed by atoms with Crippen LogP contribution in [0, 0.1) is 0 Å². The molecule has 0 radical (unpaired) electrons. The number of anilines is 2. The standard InChI is InChI=1S/C21H24N8O2S/c1-14-17(19(30)31-13-15-6-4-3-5-7-15)18(29-20(23-14)24-25-26-29)16-12-22-21(32-16)28-10-8-27(2)9-11-28/h3-7,12,18H,8-11,13H2,1-2H3,(H,23,24,26). The zero-order valence-corrected chi connectivity index (χ0v) is 18.7. The van der Waals surface area contributed by atoms with Gasteiger partial charge < -0.3 is 19.9 Å². The summed E-state index contributed by atoms with van der Waals surface area (Å²) in [6, 6.07) is 9.13. The van der Waals surface area contributed by atoms with Crippen molar-refractivity contribution >= 4 is 28.4 Å². The van der Waals surface area contributed by atoms with E-state index in [1.165, 1.54) is 0 Å². The molecule has 1 fully saturated rings. The zero-order valence-electron chi connectivity index (χ0n) is 17.9. The van der Waals surface area contributed by atoms with Crippen molar-refractivity contribution in [1.82, 2.24) is 30.1 Å². The van der Waals surface area contributed by atoms with Crippen LogP contribution >= 0.6 is 11.3 Å². The quantitative estimate of drug-likeness (QED) is 0.582. The second-order valence-electron chi connectivity index (χ2n) is 7.91. The number of aromatic nitrogens is 5. The fraction of sp³-hybridized carbons (Fsp3) is 0.381. The molecular formula is C21H24N8O2S. The maximum Gasteiger partial charge on any atom is 0.338 e. The van der Waals surface area contributed by atoms with Gasteiger partial charge in [-0.15, -0.1) is 0 Å². The van der Waals surface area contributed by atoms with Crippen molar-refractivity contribution in [2.24, 2.45) is 0 Å². The molecule has 5 rings (SSSR count). The molecule has 3 aromatic rings. The van der Waals surface area contributed by atoms with E-state index in [-0.39, 0.29) is 6.61 Å². The molecule has 32 heavy (non-hydrogen) atoms. The number of hydrogen-bond donors (Lipinski definition) is 1. The second-order valence-corrected chi connectivity index (χ2v) is 8.95. The summed E-state index contributed by atoms with van der Waals surface area (Å²) in [5.41, 5.74) is 2.08. The van der Waals surface area contributed by atoms with E-state index in [2.05, 4.69) is 42.7 Å². The molecule has 0 aliphatic carbocycles. The predicted molar refractivity (Wildman–Crippen MR) is 120 cm³/mol. The Balaban J connectivity index is 1.43. The number of nitrogens with one attached hydrogen (secondary N) is 1. The van der Waals surface area contributed by atoms with E-state index >= 15 is 0 Å². The second kappa shape index (κ2) is 8.67. The van der Waals surface area contributed by atoms with Crippen molar-refractivity contribution in [3.63, 3.8) is 0 Å². The number of nitrogens with zero attached hydrogens (tertiary/aromatic N) is 7. The van der Waals surface area contributed by atoms with Crippen LogP contribution in [0.1, 0.15) is 23.4 Å². The topological polar surface area (TPSA) is 101 Å². The SMILES string of the molecule is CC1=C(C(=O)OCc2ccccc2)C(c2cnc(N3CCN(C)CC3)s2)n2nnnc2N1. The number of fused-ring (bicyclic) bond motifs is 1. The van der Waals surface area contributed by atoms with Gasteiger partial charge >= 0.3 is 5.97 Å². The molecule has 11 heteroatoms. The molecule has 2 aromatic heterocycles. The Bertz CT molecular complexity index is 1130. The Morgan fingerprint density at radius 3 is 2.78 bits per heavy atom. The van der Waals surface area contributed by atoms with Crippen molar-refractivity contribution in [2.45, 2.75) is 19.6 Å². The number of ether oxygens (including phenoxy) is 1. The first-order valence-electron chi connectivity index (χ1n) is 10.5. The van der Waals surface area contributed by atoms with E-state index in [1.54, 1.807) is 16.0 Å². The molecule has 1 N–H and O–H groups in total. The van der Waals surface area contributed by atoms with Gasteiger partial charge in [0, 0.05) is 38.1 Å². The molecule has 1 atom stereocenters. The Morgan fingerprint density at radius 2 is 2.00 bits per heavy atom. The molecule has 10 nitrogen and oxygen atoms in total. The number of carbonyl (C=O) groups is 1. The van der Waals surface area contributed by atoms with E-state index < -0.39 is 12.0 Å². The zero-order chi connectivity index (χ0) is 22.1. The van der Waals surface area contributed by atoms with Gasteiger partial charge in [0.1, 0.15) is 12.6 Å². The highest BCUT2D eigenvalue weighted by Crippen LogP contribution is 2.39. The maximum atomic E-state index is 13.2. The third kappa shape index (κ3) is 3.96. The van der Waals surface area contributed by atoms with Crippen LogP contribution in [0.15, 0.2) is 47.8 Å². The summed E-state index contributed by atoms with van der Waals surface area (Å²) in [5.74, 6) is 0.0845. The number of carbonyl (C=O) groups excluding carboxylic acids is 1. The van der Waals surface area contributed by atoms with Crippen LogP contribution in [-0.4, -0.2) is 69.3 Å². The number of allylic oxidation sites excluding steroid dienone is 1. The summed E-state index contributed by atoms with van der Waals surface area (Å²) in [7, 11) is 2.12. The van der Waals surface area contributed by atoms with Gasteiger partial charge in [0.05, 0.1) is 10.5 Å². The number of piperazine rings is 1. The molecule has 1 saturated heterocycles. The number of likely N-dealkylation sites (N-methyl/N-ethyl adjacent to an activating group) is 1. The van der Waals surface area contributed by atoms with Gasteiger partial charge in [-0.25, -0.2) is 9.78 Å². The van der Waals surface area contributed by atoms with Gasteiger partial charge in [-0.2, -0.15) is 4.68 Å². The lowest BCUT2D eigenvalue weighted by molar-refractivity contribution is -0.140. The fourth-order valence-electron chi connectivity index (χ4n) is 3.89. The highest BCUT2D eigenvalue weighted by atomic mass is 32.1. The number of benzene rings is 1. The van der Waals surface area contributed by atoms with Crippen LogP contribution in [0.25, 0.3) is 0 Å². The Kier molecular flexibility index (Phi) is 5.58. The third-order valence-corrected chi connectivity index (χ3v) is 6.81. The van der Waals surface area contributed by atoms with E-state index in [4.69, 9.17) is 4.74 Å². The highest BCUT2D eigenvalue weighted by Gasteiger charge is 2.36.